The summed E-state index contributed by atoms with van der Waals surface area (Å²) in [5, 5.41) is 3.46. The molecule has 6 rings (SSSR count). The quantitative estimate of drug-likeness (QED) is 0.920. The van der Waals surface area contributed by atoms with E-state index in [2.05, 4.69) is 21.3 Å². The molecule has 134 valence electrons. The Hall–Kier alpha value is -1.42. The second kappa shape index (κ2) is 6.08. The van der Waals surface area contributed by atoms with Crippen LogP contribution < -0.4 is 5.32 Å². The fraction of sp³-hybridized carbons (Fsp3) is 0.714. The number of piperazine rings is 1. The van der Waals surface area contributed by atoms with Crippen LogP contribution in [0, 0.1) is 23.2 Å². The smallest absolute Gasteiger partial charge is 0.223 e. The molecule has 1 aliphatic heterocycles. The number of amides is 1. The summed E-state index contributed by atoms with van der Waals surface area (Å²) in [5.74, 6) is 3.13. The van der Waals surface area contributed by atoms with E-state index in [9.17, 15) is 4.79 Å². The number of hydrogen-bond donors (Lipinski definition) is 1. The first kappa shape index (κ1) is 15.8. The summed E-state index contributed by atoms with van der Waals surface area (Å²) in [7, 11) is 0. The summed E-state index contributed by atoms with van der Waals surface area (Å²) < 4.78 is 0. The summed E-state index contributed by atoms with van der Waals surface area (Å²) in [6.07, 6.45) is 12.8. The predicted octanol–water partition coefficient (Wildman–Crippen LogP) is 3.16. The molecular weight excluding hydrogens is 310 g/mol. The lowest BCUT2D eigenvalue weighted by Gasteiger charge is -2.57. The van der Waals surface area contributed by atoms with Crippen molar-refractivity contribution in [2.45, 2.75) is 51.0 Å². The van der Waals surface area contributed by atoms with Crippen LogP contribution in [-0.4, -0.2) is 35.4 Å². The van der Waals surface area contributed by atoms with Crippen molar-refractivity contribution in [2.24, 2.45) is 23.2 Å². The van der Waals surface area contributed by atoms with Gasteiger partial charge in [0.15, 0.2) is 0 Å². The third-order valence-electron chi connectivity index (χ3n) is 7.32. The molecule has 5 fully saturated rings. The molecule has 5 aliphatic rings. The molecule has 1 N–H and O–H groups in total. The maximum Gasteiger partial charge on any atom is 0.223 e. The van der Waals surface area contributed by atoms with Gasteiger partial charge in [0.25, 0.3) is 0 Å². The van der Waals surface area contributed by atoms with Crippen molar-refractivity contribution >= 4 is 5.91 Å². The van der Waals surface area contributed by atoms with E-state index in [1.807, 2.05) is 12.3 Å². The molecule has 0 radical (unpaired) electrons. The Balaban J connectivity index is 1.34. The van der Waals surface area contributed by atoms with Crippen LogP contribution in [-0.2, 0) is 4.79 Å². The standard InChI is InChI=1S/C21H29N3O/c25-20(12-21-9-15-6-16(10-21)8-17(7-15)11-21)24-5-4-23-14-19(24)18-2-1-3-22-13-18/h1-3,13,15-17,19,23H,4-12,14H2. The molecule has 4 aliphatic carbocycles. The first-order valence-electron chi connectivity index (χ1n) is 10.1. The summed E-state index contributed by atoms with van der Waals surface area (Å²) in [6.45, 7) is 2.58. The number of hydrogen-bond acceptors (Lipinski definition) is 3. The largest absolute Gasteiger partial charge is 0.333 e. The van der Waals surface area contributed by atoms with Crippen molar-refractivity contribution in [1.29, 1.82) is 0 Å². The van der Waals surface area contributed by atoms with Gasteiger partial charge in [0.1, 0.15) is 0 Å². The zero-order valence-electron chi connectivity index (χ0n) is 15.0. The number of carbonyl (C=O) groups is 1. The molecule has 25 heavy (non-hydrogen) atoms. The zero-order valence-corrected chi connectivity index (χ0v) is 15.0. The van der Waals surface area contributed by atoms with E-state index in [1.54, 1.807) is 6.20 Å². The summed E-state index contributed by atoms with van der Waals surface area (Å²) in [6, 6.07) is 4.23. The second-order valence-electron chi connectivity index (χ2n) is 9.19. The Morgan fingerprint density at radius 3 is 2.56 bits per heavy atom. The molecule has 4 bridgehead atoms. The van der Waals surface area contributed by atoms with Crippen molar-refractivity contribution in [3.63, 3.8) is 0 Å². The minimum absolute atomic E-state index is 0.142. The molecule has 1 unspecified atom stereocenters. The molecule has 0 spiro atoms. The third-order valence-corrected chi connectivity index (χ3v) is 7.32. The van der Waals surface area contributed by atoms with Gasteiger partial charge in [-0.05, 0) is 73.3 Å². The van der Waals surface area contributed by atoms with Crippen LogP contribution in [0.4, 0.5) is 0 Å². The Kier molecular flexibility index (Phi) is 3.85. The lowest BCUT2D eigenvalue weighted by atomic mass is 9.49. The van der Waals surface area contributed by atoms with E-state index in [0.717, 1.165) is 49.4 Å². The van der Waals surface area contributed by atoms with E-state index in [-0.39, 0.29) is 6.04 Å². The molecule has 4 saturated carbocycles. The van der Waals surface area contributed by atoms with Crippen molar-refractivity contribution in [1.82, 2.24) is 15.2 Å². The Labute approximate surface area is 150 Å². The molecule has 4 heteroatoms. The van der Waals surface area contributed by atoms with Gasteiger partial charge in [-0.25, -0.2) is 0 Å². The molecule has 1 saturated heterocycles. The highest BCUT2D eigenvalue weighted by Crippen LogP contribution is 2.61. The molecular formula is C21H29N3O. The zero-order chi connectivity index (χ0) is 16.9. The lowest BCUT2D eigenvalue weighted by molar-refractivity contribution is -0.142. The van der Waals surface area contributed by atoms with Crippen LogP contribution in [0.5, 0.6) is 0 Å². The molecule has 1 amide bonds. The number of nitrogens with zero attached hydrogens (tertiary/aromatic N) is 2. The SMILES string of the molecule is O=C(CC12CC3CC(CC(C3)C1)C2)N1CCNCC1c1cccnc1. The Morgan fingerprint density at radius 1 is 1.20 bits per heavy atom. The molecule has 1 aromatic rings. The third kappa shape index (κ3) is 2.88. The highest BCUT2D eigenvalue weighted by molar-refractivity contribution is 5.77. The monoisotopic (exact) mass is 339 g/mol. The lowest BCUT2D eigenvalue weighted by Crippen LogP contribution is -2.52. The van der Waals surface area contributed by atoms with Gasteiger partial charge >= 0.3 is 0 Å². The molecule has 4 nitrogen and oxygen atoms in total. The van der Waals surface area contributed by atoms with Gasteiger partial charge in [-0.3, -0.25) is 9.78 Å². The van der Waals surface area contributed by atoms with E-state index < -0.39 is 0 Å². The predicted molar refractivity (Wildman–Crippen MR) is 96.8 cm³/mol. The van der Waals surface area contributed by atoms with Gasteiger partial charge in [0.2, 0.25) is 5.91 Å². The van der Waals surface area contributed by atoms with Crippen LogP contribution >= 0.6 is 0 Å². The summed E-state index contributed by atoms with van der Waals surface area (Å²) >= 11 is 0. The number of carbonyl (C=O) groups excluding carboxylic acids is 1. The first-order chi connectivity index (χ1) is 12.2. The second-order valence-corrected chi connectivity index (χ2v) is 9.19. The van der Waals surface area contributed by atoms with Gasteiger partial charge in [0, 0.05) is 38.4 Å². The minimum atomic E-state index is 0.142. The van der Waals surface area contributed by atoms with Crippen LogP contribution in [0.2, 0.25) is 0 Å². The minimum Gasteiger partial charge on any atom is -0.333 e. The van der Waals surface area contributed by atoms with Gasteiger partial charge in [-0.2, -0.15) is 0 Å². The maximum atomic E-state index is 13.3. The van der Waals surface area contributed by atoms with Crippen LogP contribution in [0.25, 0.3) is 0 Å². The topological polar surface area (TPSA) is 45.2 Å². The van der Waals surface area contributed by atoms with Crippen molar-refractivity contribution in [2.75, 3.05) is 19.6 Å². The van der Waals surface area contributed by atoms with Crippen LogP contribution in [0.1, 0.15) is 56.6 Å². The van der Waals surface area contributed by atoms with Crippen LogP contribution in [0.3, 0.4) is 0 Å². The number of pyridine rings is 1. The molecule has 2 heterocycles. The van der Waals surface area contributed by atoms with E-state index in [0.29, 0.717) is 11.3 Å². The van der Waals surface area contributed by atoms with Gasteiger partial charge < -0.3 is 10.2 Å². The van der Waals surface area contributed by atoms with Crippen molar-refractivity contribution in [3.8, 4) is 0 Å². The molecule has 0 aromatic carbocycles. The van der Waals surface area contributed by atoms with E-state index >= 15 is 0 Å². The Bertz CT molecular complexity index is 609. The molecule has 1 aromatic heterocycles. The number of rotatable bonds is 3. The normalized spacial score (nSPS) is 39.6. The van der Waals surface area contributed by atoms with Gasteiger partial charge in [-0.1, -0.05) is 6.07 Å². The van der Waals surface area contributed by atoms with Gasteiger partial charge in [-0.15, -0.1) is 0 Å². The molecule has 1 atom stereocenters. The highest BCUT2D eigenvalue weighted by atomic mass is 16.2. The average Bonchev–Trinajstić information content (AvgIpc) is 2.61. The van der Waals surface area contributed by atoms with E-state index in [1.165, 1.54) is 38.5 Å². The van der Waals surface area contributed by atoms with Crippen molar-refractivity contribution < 1.29 is 4.79 Å². The first-order valence-corrected chi connectivity index (χ1v) is 10.1. The highest BCUT2D eigenvalue weighted by Gasteiger charge is 2.52. The van der Waals surface area contributed by atoms with E-state index in [4.69, 9.17) is 0 Å². The van der Waals surface area contributed by atoms with Gasteiger partial charge in [0.05, 0.1) is 6.04 Å². The fourth-order valence-corrected chi connectivity index (χ4v) is 6.80. The average molecular weight is 339 g/mol. The number of nitrogens with one attached hydrogen (secondary N) is 1. The van der Waals surface area contributed by atoms with Crippen molar-refractivity contribution in [3.05, 3.63) is 30.1 Å². The maximum absolute atomic E-state index is 13.3. The van der Waals surface area contributed by atoms with Crippen LogP contribution in [0.15, 0.2) is 24.5 Å². The number of aromatic nitrogens is 1. The summed E-state index contributed by atoms with van der Waals surface area (Å²) in [4.78, 5) is 19.8. The Morgan fingerprint density at radius 2 is 1.92 bits per heavy atom. The summed E-state index contributed by atoms with van der Waals surface area (Å²) in [5.41, 5.74) is 1.49. The fourth-order valence-electron chi connectivity index (χ4n) is 6.80.